The minimum absolute atomic E-state index is 0.0146. The van der Waals surface area contributed by atoms with Crippen LogP contribution in [0, 0.1) is 13.8 Å². The Labute approximate surface area is 136 Å². The molecule has 0 saturated carbocycles. The third-order valence-electron chi connectivity index (χ3n) is 3.62. The Bertz CT molecular complexity index is 683. The standard InChI is InChI=1S/C18H20N2OS/c1-12-9-10-16(11-13(12)2)20-17(21)18(22)19-14(3)15-7-5-4-6-8-15/h4-11,14H,1-3H3,(H,19,22)(H,20,21). The summed E-state index contributed by atoms with van der Waals surface area (Å²) in [5, 5.41) is 5.89. The van der Waals surface area contributed by atoms with Gasteiger partial charge in [-0.05, 0) is 49.6 Å². The average Bonchev–Trinajstić information content (AvgIpc) is 2.51. The lowest BCUT2D eigenvalue weighted by molar-refractivity contribution is -0.110. The van der Waals surface area contributed by atoms with E-state index < -0.39 is 0 Å². The molecule has 0 aliphatic carbocycles. The Hall–Kier alpha value is -2.20. The monoisotopic (exact) mass is 312 g/mol. The highest BCUT2D eigenvalue weighted by atomic mass is 32.1. The molecule has 2 aromatic rings. The van der Waals surface area contributed by atoms with Crippen LogP contribution in [-0.4, -0.2) is 10.9 Å². The van der Waals surface area contributed by atoms with Crippen molar-refractivity contribution in [3.05, 3.63) is 65.2 Å². The van der Waals surface area contributed by atoms with Gasteiger partial charge in [-0.15, -0.1) is 0 Å². The first-order valence-corrected chi connectivity index (χ1v) is 7.62. The van der Waals surface area contributed by atoms with Crippen LogP contribution in [-0.2, 0) is 4.79 Å². The van der Waals surface area contributed by atoms with E-state index in [1.54, 1.807) is 0 Å². The number of benzene rings is 2. The molecule has 0 saturated heterocycles. The van der Waals surface area contributed by atoms with Crippen LogP contribution in [0.4, 0.5) is 5.69 Å². The first kappa shape index (κ1) is 16.2. The third-order valence-corrected chi connectivity index (χ3v) is 3.92. The number of amides is 1. The largest absolute Gasteiger partial charge is 0.365 e. The maximum Gasteiger partial charge on any atom is 0.283 e. The van der Waals surface area contributed by atoms with E-state index in [0.717, 1.165) is 16.8 Å². The van der Waals surface area contributed by atoms with Crippen LogP contribution < -0.4 is 10.6 Å². The maximum atomic E-state index is 12.2. The van der Waals surface area contributed by atoms with Gasteiger partial charge in [0.1, 0.15) is 0 Å². The van der Waals surface area contributed by atoms with Gasteiger partial charge in [0.05, 0.1) is 0 Å². The normalized spacial score (nSPS) is 11.6. The summed E-state index contributed by atoms with van der Waals surface area (Å²) in [6.07, 6.45) is 0. The molecular weight excluding hydrogens is 292 g/mol. The number of anilines is 1. The minimum Gasteiger partial charge on any atom is -0.365 e. The SMILES string of the molecule is Cc1ccc(NC(=O)C(=S)NC(C)c2ccccc2)cc1C. The van der Waals surface area contributed by atoms with E-state index >= 15 is 0 Å². The Morgan fingerprint density at radius 1 is 1.05 bits per heavy atom. The van der Waals surface area contributed by atoms with Gasteiger partial charge in [0, 0.05) is 11.7 Å². The summed E-state index contributed by atoms with van der Waals surface area (Å²) in [6, 6.07) is 15.7. The quantitative estimate of drug-likeness (QED) is 0.844. The topological polar surface area (TPSA) is 41.1 Å². The highest BCUT2D eigenvalue weighted by Gasteiger charge is 2.13. The molecule has 0 aliphatic heterocycles. The number of rotatable bonds is 3. The lowest BCUT2D eigenvalue weighted by atomic mass is 10.1. The zero-order valence-electron chi connectivity index (χ0n) is 13.0. The Morgan fingerprint density at radius 2 is 1.73 bits per heavy atom. The lowest BCUT2D eigenvalue weighted by Gasteiger charge is -2.16. The molecule has 4 heteroatoms. The molecule has 0 heterocycles. The molecule has 1 unspecified atom stereocenters. The predicted octanol–water partition coefficient (Wildman–Crippen LogP) is 3.92. The van der Waals surface area contributed by atoms with Crippen LogP contribution in [0.3, 0.4) is 0 Å². The number of carbonyl (C=O) groups is 1. The highest BCUT2D eigenvalue weighted by molar-refractivity contribution is 7.82. The van der Waals surface area contributed by atoms with Gasteiger partial charge in [0.15, 0.2) is 4.99 Å². The summed E-state index contributed by atoms with van der Waals surface area (Å²) in [4.78, 5) is 12.4. The number of nitrogens with one attached hydrogen (secondary N) is 2. The Morgan fingerprint density at radius 3 is 2.36 bits per heavy atom. The second-order valence-corrected chi connectivity index (χ2v) is 5.77. The zero-order chi connectivity index (χ0) is 16.1. The minimum atomic E-state index is -0.291. The molecule has 2 rings (SSSR count). The summed E-state index contributed by atoms with van der Waals surface area (Å²) in [5.41, 5.74) is 4.17. The van der Waals surface area contributed by atoms with Crippen LogP contribution in [0.2, 0.25) is 0 Å². The smallest absolute Gasteiger partial charge is 0.283 e. The van der Waals surface area contributed by atoms with Gasteiger partial charge < -0.3 is 10.6 Å². The van der Waals surface area contributed by atoms with Crippen molar-refractivity contribution in [2.45, 2.75) is 26.8 Å². The molecule has 0 bridgehead atoms. The first-order chi connectivity index (χ1) is 10.5. The van der Waals surface area contributed by atoms with E-state index in [-0.39, 0.29) is 16.9 Å². The molecule has 2 N–H and O–H groups in total. The van der Waals surface area contributed by atoms with E-state index in [4.69, 9.17) is 12.2 Å². The van der Waals surface area contributed by atoms with E-state index in [0.29, 0.717) is 0 Å². The van der Waals surface area contributed by atoms with Crippen LogP contribution >= 0.6 is 12.2 Å². The zero-order valence-corrected chi connectivity index (χ0v) is 13.8. The number of hydrogen-bond donors (Lipinski definition) is 2. The second kappa shape index (κ2) is 7.18. The van der Waals surface area contributed by atoms with Gasteiger partial charge in [0.25, 0.3) is 5.91 Å². The van der Waals surface area contributed by atoms with Crippen LogP contribution in [0.25, 0.3) is 0 Å². The van der Waals surface area contributed by atoms with E-state index in [1.807, 2.05) is 69.3 Å². The fourth-order valence-corrected chi connectivity index (χ4v) is 2.32. The summed E-state index contributed by atoms with van der Waals surface area (Å²) in [6.45, 7) is 6.03. The molecule has 0 fully saturated rings. The molecule has 0 aliphatic rings. The summed E-state index contributed by atoms with van der Waals surface area (Å²) in [7, 11) is 0. The van der Waals surface area contributed by atoms with Crippen molar-refractivity contribution in [1.82, 2.24) is 5.32 Å². The summed E-state index contributed by atoms with van der Waals surface area (Å²) >= 11 is 5.19. The van der Waals surface area contributed by atoms with Crippen molar-refractivity contribution in [3.63, 3.8) is 0 Å². The molecule has 0 radical (unpaired) electrons. The van der Waals surface area contributed by atoms with Crippen molar-refractivity contribution in [1.29, 1.82) is 0 Å². The van der Waals surface area contributed by atoms with Gasteiger partial charge in [-0.1, -0.05) is 48.6 Å². The maximum absolute atomic E-state index is 12.2. The third kappa shape index (κ3) is 4.15. The number of thiocarbonyl (C=S) groups is 1. The predicted molar refractivity (Wildman–Crippen MR) is 95.1 cm³/mol. The van der Waals surface area contributed by atoms with Crippen molar-refractivity contribution < 1.29 is 4.79 Å². The van der Waals surface area contributed by atoms with E-state index in [2.05, 4.69) is 10.6 Å². The van der Waals surface area contributed by atoms with E-state index in [1.165, 1.54) is 5.56 Å². The molecule has 3 nitrogen and oxygen atoms in total. The van der Waals surface area contributed by atoms with Crippen LogP contribution in [0.5, 0.6) is 0 Å². The molecule has 1 amide bonds. The number of aryl methyl sites for hydroxylation is 2. The first-order valence-electron chi connectivity index (χ1n) is 7.21. The molecule has 22 heavy (non-hydrogen) atoms. The Balaban J connectivity index is 1.97. The fourth-order valence-electron chi connectivity index (χ4n) is 2.09. The van der Waals surface area contributed by atoms with Gasteiger partial charge in [0.2, 0.25) is 0 Å². The molecular formula is C18H20N2OS. The van der Waals surface area contributed by atoms with Crippen molar-refractivity contribution in [3.8, 4) is 0 Å². The number of carbonyl (C=O) groups excluding carboxylic acids is 1. The molecule has 2 aromatic carbocycles. The molecule has 0 aromatic heterocycles. The Kier molecular flexibility index (Phi) is 5.28. The second-order valence-electron chi connectivity index (χ2n) is 5.36. The highest BCUT2D eigenvalue weighted by Crippen LogP contribution is 2.15. The van der Waals surface area contributed by atoms with Crippen molar-refractivity contribution >= 4 is 28.8 Å². The van der Waals surface area contributed by atoms with Gasteiger partial charge in [-0.25, -0.2) is 0 Å². The summed E-state index contributed by atoms with van der Waals surface area (Å²) in [5.74, 6) is -0.291. The number of hydrogen-bond acceptors (Lipinski definition) is 2. The molecule has 1 atom stereocenters. The van der Waals surface area contributed by atoms with Crippen LogP contribution in [0.15, 0.2) is 48.5 Å². The van der Waals surface area contributed by atoms with Crippen molar-refractivity contribution in [2.24, 2.45) is 0 Å². The van der Waals surface area contributed by atoms with Crippen molar-refractivity contribution in [2.75, 3.05) is 5.32 Å². The molecule has 114 valence electrons. The van der Waals surface area contributed by atoms with Gasteiger partial charge in [-0.3, -0.25) is 4.79 Å². The van der Waals surface area contributed by atoms with Gasteiger partial charge >= 0.3 is 0 Å². The summed E-state index contributed by atoms with van der Waals surface area (Å²) < 4.78 is 0. The van der Waals surface area contributed by atoms with Crippen LogP contribution in [0.1, 0.15) is 29.7 Å². The lowest BCUT2D eigenvalue weighted by Crippen LogP contribution is -2.35. The molecule has 0 spiro atoms. The van der Waals surface area contributed by atoms with E-state index in [9.17, 15) is 4.79 Å². The van der Waals surface area contributed by atoms with Gasteiger partial charge in [-0.2, -0.15) is 0 Å². The fraction of sp³-hybridized carbons (Fsp3) is 0.222. The average molecular weight is 312 g/mol.